The number of hydrogen-bond donors (Lipinski definition) is 1. The van der Waals surface area contributed by atoms with E-state index in [2.05, 4.69) is 40.0 Å². The fourth-order valence-electron chi connectivity index (χ4n) is 2.51. The van der Waals surface area contributed by atoms with Gasteiger partial charge in [-0.15, -0.1) is 24.0 Å². The number of ether oxygens (including phenoxy) is 1. The molecule has 1 unspecified atom stereocenters. The van der Waals surface area contributed by atoms with Crippen molar-refractivity contribution < 1.29 is 4.74 Å². The van der Waals surface area contributed by atoms with Gasteiger partial charge in [-0.1, -0.05) is 25.1 Å². The van der Waals surface area contributed by atoms with Crippen molar-refractivity contribution in [1.29, 1.82) is 0 Å². The first-order valence-electron chi connectivity index (χ1n) is 7.47. The molecule has 0 saturated carbocycles. The average Bonchev–Trinajstić information content (AvgIpc) is 2.56. The number of nitrogens with one attached hydrogen (secondary N) is 1. The highest BCUT2D eigenvalue weighted by molar-refractivity contribution is 14.0. The van der Waals surface area contributed by atoms with E-state index < -0.39 is 0 Å². The summed E-state index contributed by atoms with van der Waals surface area (Å²) < 4.78 is 5.39. The number of rotatable bonds is 4. The Labute approximate surface area is 155 Å². The van der Waals surface area contributed by atoms with Gasteiger partial charge in [0, 0.05) is 43.2 Å². The molecule has 0 spiro atoms. The van der Waals surface area contributed by atoms with Crippen molar-refractivity contribution in [2.75, 3.05) is 33.0 Å². The van der Waals surface area contributed by atoms with E-state index in [4.69, 9.17) is 4.74 Å². The molecule has 1 aromatic rings. The average molecular weight is 435 g/mol. The molecule has 0 radical (unpaired) electrons. The number of methoxy groups -OCH3 is 1. The maximum atomic E-state index is 5.39. The molecule has 1 N–H and O–H groups in total. The molecule has 1 fully saturated rings. The summed E-state index contributed by atoms with van der Waals surface area (Å²) in [5.74, 6) is 3.08. The molecule has 2 rings (SSSR count). The number of halogens is 1. The van der Waals surface area contributed by atoms with Gasteiger partial charge in [0.15, 0.2) is 5.96 Å². The Hall–Kier alpha value is -0.630. The van der Waals surface area contributed by atoms with Gasteiger partial charge in [0.2, 0.25) is 0 Å². The number of aliphatic imine (C=N–C) groups is 1. The van der Waals surface area contributed by atoms with Gasteiger partial charge < -0.3 is 15.0 Å². The summed E-state index contributed by atoms with van der Waals surface area (Å²) in [5.41, 5.74) is 1.15. The third-order valence-corrected chi connectivity index (χ3v) is 5.11. The van der Waals surface area contributed by atoms with Gasteiger partial charge >= 0.3 is 0 Å². The van der Waals surface area contributed by atoms with Crippen molar-refractivity contribution >= 4 is 41.7 Å². The minimum atomic E-state index is 0. The molecule has 124 valence electrons. The largest absolute Gasteiger partial charge is 0.496 e. The molecule has 0 aliphatic carbocycles. The highest BCUT2D eigenvalue weighted by Crippen LogP contribution is 2.21. The zero-order chi connectivity index (χ0) is 15.1. The Balaban J connectivity index is 0.00000242. The SMILES string of the molecule is CCC1CN(C(=NC)NCc2ccccc2OC)CCS1.I. The molecule has 1 aliphatic heterocycles. The van der Waals surface area contributed by atoms with Gasteiger partial charge in [-0.25, -0.2) is 0 Å². The van der Waals surface area contributed by atoms with Gasteiger partial charge in [0.25, 0.3) is 0 Å². The maximum absolute atomic E-state index is 5.39. The lowest BCUT2D eigenvalue weighted by Gasteiger charge is -2.34. The van der Waals surface area contributed by atoms with Crippen molar-refractivity contribution in [3.63, 3.8) is 0 Å². The first-order chi connectivity index (χ1) is 10.3. The van der Waals surface area contributed by atoms with Crippen LogP contribution in [0, 0.1) is 0 Å². The minimum Gasteiger partial charge on any atom is -0.496 e. The first-order valence-corrected chi connectivity index (χ1v) is 8.52. The highest BCUT2D eigenvalue weighted by Gasteiger charge is 2.21. The number of benzene rings is 1. The van der Waals surface area contributed by atoms with Gasteiger partial charge in [-0.2, -0.15) is 11.8 Å². The number of hydrogen-bond acceptors (Lipinski definition) is 3. The number of guanidine groups is 1. The molecule has 0 amide bonds. The predicted molar refractivity (Wildman–Crippen MR) is 107 cm³/mol. The van der Waals surface area contributed by atoms with Crippen LogP contribution in [0.15, 0.2) is 29.3 Å². The maximum Gasteiger partial charge on any atom is 0.193 e. The molecule has 1 aromatic carbocycles. The second-order valence-corrected chi connectivity index (χ2v) is 6.47. The monoisotopic (exact) mass is 435 g/mol. The second kappa shape index (κ2) is 10.2. The normalized spacial score (nSPS) is 18.6. The van der Waals surface area contributed by atoms with Crippen LogP contribution in [0.4, 0.5) is 0 Å². The molecule has 1 aliphatic rings. The van der Waals surface area contributed by atoms with Gasteiger partial charge in [-0.3, -0.25) is 4.99 Å². The smallest absolute Gasteiger partial charge is 0.193 e. The number of para-hydroxylation sites is 1. The lowest BCUT2D eigenvalue weighted by Crippen LogP contribution is -2.47. The van der Waals surface area contributed by atoms with E-state index >= 15 is 0 Å². The Morgan fingerprint density at radius 2 is 2.23 bits per heavy atom. The van der Waals surface area contributed by atoms with Crippen molar-refractivity contribution in [2.45, 2.75) is 25.1 Å². The predicted octanol–water partition coefficient (Wildman–Crippen LogP) is 3.22. The fourth-order valence-corrected chi connectivity index (χ4v) is 3.69. The summed E-state index contributed by atoms with van der Waals surface area (Å²) in [4.78, 5) is 6.79. The van der Waals surface area contributed by atoms with Crippen LogP contribution in [0.2, 0.25) is 0 Å². The van der Waals surface area contributed by atoms with E-state index in [-0.39, 0.29) is 24.0 Å². The van der Waals surface area contributed by atoms with E-state index in [1.54, 1.807) is 7.11 Å². The van der Waals surface area contributed by atoms with Crippen LogP contribution in [0.3, 0.4) is 0 Å². The van der Waals surface area contributed by atoms with Crippen molar-refractivity contribution in [2.24, 2.45) is 4.99 Å². The topological polar surface area (TPSA) is 36.9 Å². The Bertz CT molecular complexity index is 484. The molecular weight excluding hydrogens is 409 g/mol. The highest BCUT2D eigenvalue weighted by atomic mass is 127. The molecule has 0 aromatic heterocycles. The zero-order valence-corrected chi connectivity index (χ0v) is 16.7. The van der Waals surface area contributed by atoms with Crippen LogP contribution in [0.1, 0.15) is 18.9 Å². The van der Waals surface area contributed by atoms with Crippen molar-refractivity contribution in [1.82, 2.24) is 10.2 Å². The molecule has 6 heteroatoms. The summed E-state index contributed by atoms with van der Waals surface area (Å²) in [7, 11) is 3.56. The second-order valence-electron chi connectivity index (χ2n) is 5.06. The van der Waals surface area contributed by atoms with Crippen LogP contribution in [0.25, 0.3) is 0 Å². The lowest BCUT2D eigenvalue weighted by molar-refractivity contribution is 0.400. The number of thioether (sulfide) groups is 1. The van der Waals surface area contributed by atoms with Crippen LogP contribution in [-0.4, -0.2) is 49.1 Å². The van der Waals surface area contributed by atoms with Crippen molar-refractivity contribution in [3.8, 4) is 5.75 Å². The lowest BCUT2D eigenvalue weighted by atomic mass is 10.2. The van der Waals surface area contributed by atoms with E-state index in [1.807, 2.05) is 25.2 Å². The zero-order valence-electron chi connectivity index (χ0n) is 13.5. The summed E-state index contributed by atoms with van der Waals surface area (Å²) in [5, 5.41) is 4.17. The Kier molecular flexibility index (Phi) is 9.00. The quantitative estimate of drug-likeness (QED) is 0.448. The molecule has 0 bridgehead atoms. The van der Waals surface area contributed by atoms with E-state index in [1.165, 1.54) is 12.2 Å². The summed E-state index contributed by atoms with van der Waals surface area (Å²) in [6, 6.07) is 8.10. The van der Waals surface area contributed by atoms with E-state index in [9.17, 15) is 0 Å². The standard InChI is InChI=1S/C16H25N3OS.HI/c1-4-14-12-19(9-10-21-14)16(17-2)18-11-13-7-5-6-8-15(13)20-3;/h5-8,14H,4,9-12H2,1-3H3,(H,17,18);1H. The van der Waals surface area contributed by atoms with E-state index in [0.717, 1.165) is 36.9 Å². The third-order valence-electron chi connectivity index (χ3n) is 3.73. The van der Waals surface area contributed by atoms with E-state index in [0.29, 0.717) is 5.25 Å². The Morgan fingerprint density at radius 3 is 2.91 bits per heavy atom. The molecular formula is C16H26IN3OS. The van der Waals surface area contributed by atoms with Crippen LogP contribution >= 0.6 is 35.7 Å². The van der Waals surface area contributed by atoms with Gasteiger partial charge in [0.05, 0.1) is 7.11 Å². The van der Waals surface area contributed by atoms with Crippen LogP contribution < -0.4 is 10.1 Å². The Morgan fingerprint density at radius 1 is 1.45 bits per heavy atom. The molecule has 1 saturated heterocycles. The molecule has 1 atom stereocenters. The van der Waals surface area contributed by atoms with Crippen LogP contribution in [-0.2, 0) is 6.54 Å². The molecule has 4 nitrogen and oxygen atoms in total. The minimum absolute atomic E-state index is 0. The van der Waals surface area contributed by atoms with Crippen LogP contribution in [0.5, 0.6) is 5.75 Å². The molecule has 1 heterocycles. The third kappa shape index (κ3) is 5.22. The number of nitrogens with zero attached hydrogens (tertiary/aromatic N) is 2. The summed E-state index contributed by atoms with van der Waals surface area (Å²) >= 11 is 2.07. The summed E-state index contributed by atoms with van der Waals surface area (Å²) in [6.45, 7) is 5.13. The first kappa shape index (κ1) is 19.4. The summed E-state index contributed by atoms with van der Waals surface area (Å²) in [6.07, 6.45) is 1.21. The van der Waals surface area contributed by atoms with Gasteiger partial charge in [0.1, 0.15) is 5.75 Å². The van der Waals surface area contributed by atoms with Crippen molar-refractivity contribution in [3.05, 3.63) is 29.8 Å². The van der Waals surface area contributed by atoms with Gasteiger partial charge in [-0.05, 0) is 12.5 Å². The molecule has 22 heavy (non-hydrogen) atoms. The fraction of sp³-hybridized carbons (Fsp3) is 0.562.